The predicted molar refractivity (Wildman–Crippen MR) is 102 cm³/mol. The molecule has 3 rings (SSSR count). The molecule has 1 fully saturated rings. The zero-order chi connectivity index (χ0) is 18.5. The molecule has 1 aliphatic rings. The number of hydrogen-bond donors (Lipinski definition) is 1. The van der Waals surface area contributed by atoms with Gasteiger partial charge in [0, 0.05) is 18.3 Å². The number of ether oxygens (including phenoxy) is 1. The van der Waals surface area contributed by atoms with Gasteiger partial charge in [-0.2, -0.15) is 0 Å². The fourth-order valence-electron chi connectivity index (χ4n) is 3.08. The average Bonchev–Trinajstić information content (AvgIpc) is 3.25. The summed E-state index contributed by atoms with van der Waals surface area (Å²) in [6.45, 7) is 5.17. The number of para-hydroxylation sites is 1. The molecule has 1 aromatic carbocycles. The van der Waals surface area contributed by atoms with Crippen LogP contribution < -0.4 is 10.6 Å². The van der Waals surface area contributed by atoms with Crippen molar-refractivity contribution in [2.24, 2.45) is 0 Å². The molecule has 1 aliphatic heterocycles. The normalized spacial score (nSPS) is 17.0. The molecular formula is C18H24N4O3S. The summed E-state index contributed by atoms with van der Waals surface area (Å²) in [5.74, 6) is 0.193. The number of rotatable bonds is 7. The molecule has 140 valence electrons. The van der Waals surface area contributed by atoms with Crippen molar-refractivity contribution in [3.8, 4) is 0 Å². The molecule has 1 saturated heterocycles. The SMILES string of the molecule is CC(C)N(C(=O)CSc1n[nH]c(=O)n1C[C@@H]1CCCO1)c1ccccc1. The Morgan fingerprint density at radius 3 is 2.85 bits per heavy atom. The summed E-state index contributed by atoms with van der Waals surface area (Å²) in [6.07, 6.45) is 1.99. The van der Waals surface area contributed by atoms with Gasteiger partial charge in [0.25, 0.3) is 0 Å². The van der Waals surface area contributed by atoms with E-state index in [0.717, 1.165) is 25.1 Å². The second kappa shape index (κ2) is 8.55. The Bertz CT molecular complexity index is 781. The van der Waals surface area contributed by atoms with E-state index in [9.17, 15) is 9.59 Å². The van der Waals surface area contributed by atoms with E-state index in [1.807, 2.05) is 44.2 Å². The predicted octanol–water partition coefficient (Wildman–Crippen LogP) is 2.28. The topological polar surface area (TPSA) is 80.2 Å². The van der Waals surface area contributed by atoms with E-state index < -0.39 is 0 Å². The van der Waals surface area contributed by atoms with Crippen LogP contribution in [0, 0.1) is 0 Å². The summed E-state index contributed by atoms with van der Waals surface area (Å²) < 4.78 is 7.17. The number of hydrogen-bond acceptors (Lipinski definition) is 5. The summed E-state index contributed by atoms with van der Waals surface area (Å²) >= 11 is 1.27. The van der Waals surface area contributed by atoms with Crippen molar-refractivity contribution in [2.75, 3.05) is 17.3 Å². The molecule has 1 atom stereocenters. The zero-order valence-electron chi connectivity index (χ0n) is 15.1. The van der Waals surface area contributed by atoms with Crippen LogP contribution >= 0.6 is 11.8 Å². The summed E-state index contributed by atoms with van der Waals surface area (Å²) in [7, 11) is 0. The molecule has 7 nitrogen and oxygen atoms in total. The van der Waals surface area contributed by atoms with Crippen molar-refractivity contribution in [1.29, 1.82) is 0 Å². The first-order chi connectivity index (χ1) is 12.6. The quantitative estimate of drug-likeness (QED) is 0.750. The number of nitrogens with zero attached hydrogens (tertiary/aromatic N) is 3. The third-order valence-corrected chi connectivity index (χ3v) is 5.24. The van der Waals surface area contributed by atoms with Gasteiger partial charge in [-0.25, -0.2) is 9.89 Å². The lowest BCUT2D eigenvalue weighted by Crippen LogP contribution is -2.38. The number of carbonyl (C=O) groups excluding carboxylic acids is 1. The lowest BCUT2D eigenvalue weighted by molar-refractivity contribution is -0.116. The van der Waals surface area contributed by atoms with Crippen LogP contribution in [0.5, 0.6) is 0 Å². The molecule has 0 aliphatic carbocycles. The van der Waals surface area contributed by atoms with Crippen molar-refractivity contribution in [2.45, 2.75) is 50.5 Å². The Hall–Kier alpha value is -2.06. The fourth-order valence-corrected chi connectivity index (χ4v) is 3.90. The number of H-pyrrole nitrogens is 1. The van der Waals surface area contributed by atoms with E-state index in [1.165, 1.54) is 11.8 Å². The van der Waals surface area contributed by atoms with Gasteiger partial charge in [-0.3, -0.25) is 9.36 Å². The minimum atomic E-state index is -0.265. The van der Waals surface area contributed by atoms with Gasteiger partial charge >= 0.3 is 5.69 Å². The van der Waals surface area contributed by atoms with Crippen LogP contribution in [0.4, 0.5) is 5.69 Å². The molecule has 1 N–H and O–H groups in total. The Kier molecular flexibility index (Phi) is 6.16. The molecule has 1 aromatic heterocycles. The summed E-state index contributed by atoms with van der Waals surface area (Å²) in [5, 5.41) is 7.07. The Labute approximate surface area is 156 Å². The lowest BCUT2D eigenvalue weighted by Gasteiger charge is -2.26. The molecule has 2 aromatic rings. The first-order valence-electron chi connectivity index (χ1n) is 8.83. The van der Waals surface area contributed by atoms with E-state index in [4.69, 9.17) is 4.74 Å². The number of aromatic amines is 1. The minimum Gasteiger partial charge on any atom is -0.376 e. The standard InChI is InChI=1S/C18H24N4O3S/c1-13(2)22(14-7-4-3-5-8-14)16(23)12-26-18-20-19-17(24)21(18)11-15-9-6-10-25-15/h3-5,7-8,13,15H,6,9-12H2,1-2H3,(H,19,24)/t15-/m0/s1. The number of thioether (sulfide) groups is 1. The number of amides is 1. The minimum absolute atomic E-state index is 0.0182. The molecule has 1 amide bonds. The van der Waals surface area contributed by atoms with Gasteiger partial charge in [-0.15, -0.1) is 5.10 Å². The Morgan fingerprint density at radius 1 is 1.42 bits per heavy atom. The second-order valence-corrected chi connectivity index (χ2v) is 7.48. The largest absolute Gasteiger partial charge is 0.376 e. The maximum atomic E-state index is 12.8. The van der Waals surface area contributed by atoms with Crippen molar-refractivity contribution in [3.63, 3.8) is 0 Å². The van der Waals surface area contributed by atoms with E-state index in [2.05, 4.69) is 10.2 Å². The summed E-state index contributed by atoms with van der Waals surface area (Å²) in [4.78, 5) is 26.6. The lowest BCUT2D eigenvalue weighted by atomic mass is 10.2. The maximum Gasteiger partial charge on any atom is 0.344 e. The molecule has 0 spiro atoms. The third kappa shape index (κ3) is 4.37. The number of nitrogens with one attached hydrogen (secondary N) is 1. The van der Waals surface area contributed by atoms with Crippen LogP contribution in [0.25, 0.3) is 0 Å². The van der Waals surface area contributed by atoms with Gasteiger partial charge in [0.15, 0.2) is 5.16 Å². The van der Waals surface area contributed by atoms with E-state index in [0.29, 0.717) is 11.7 Å². The Balaban J connectivity index is 1.68. The van der Waals surface area contributed by atoms with Gasteiger partial charge in [0.1, 0.15) is 0 Å². The molecule has 0 unspecified atom stereocenters. The van der Waals surface area contributed by atoms with Gasteiger partial charge in [-0.05, 0) is 38.8 Å². The average molecular weight is 376 g/mol. The first-order valence-corrected chi connectivity index (χ1v) is 9.81. The fraction of sp³-hybridized carbons (Fsp3) is 0.500. The van der Waals surface area contributed by atoms with Crippen LogP contribution in [0.15, 0.2) is 40.3 Å². The molecule has 2 heterocycles. The van der Waals surface area contributed by atoms with Crippen LogP contribution in [0.1, 0.15) is 26.7 Å². The molecule has 8 heteroatoms. The van der Waals surface area contributed by atoms with E-state index in [-0.39, 0.29) is 29.5 Å². The van der Waals surface area contributed by atoms with Gasteiger partial charge in [-0.1, -0.05) is 30.0 Å². The summed E-state index contributed by atoms with van der Waals surface area (Å²) in [5.41, 5.74) is 0.603. The molecule has 26 heavy (non-hydrogen) atoms. The van der Waals surface area contributed by atoms with Crippen molar-refractivity contribution in [3.05, 3.63) is 40.8 Å². The number of anilines is 1. The first kappa shape index (κ1) is 18.7. The van der Waals surface area contributed by atoms with Crippen LogP contribution in [0.3, 0.4) is 0 Å². The molecule has 0 radical (unpaired) electrons. The summed E-state index contributed by atoms with van der Waals surface area (Å²) in [6, 6.07) is 9.64. The van der Waals surface area contributed by atoms with Crippen molar-refractivity contribution < 1.29 is 9.53 Å². The van der Waals surface area contributed by atoms with Gasteiger partial charge in [0.05, 0.1) is 18.4 Å². The highest BCUT2D eigenvalue weighted by molar-refractivity contribution is 7.99. The van der Waals surface area contributed by atoms with Gasteiger partial charge in [0.2, 0.25) is 5.91 Å². The molecule has 0 saturated carbocycles. The van der Waals surface area contributed by atoms with Crippen LogP contribution in [-0.2, 0) is 16.1 Å². The van der Waals surface area contributed by atoms with Crippen molar-refractivity contribution >= 4 is 23.4 Å². The smallest absolute Gasteiger partial charge is 0.344 e. The van der Waals surface area contributed by atoms with Gasteiger partial charge < -0.3 is 9.64 Å². The van der Waals surface area contributed by atoms with Crippen molar-refractivity contribution in [1.82, 2.24) is 14.8 Å². The van der Waals surface area contributed by atoms with Crippen LogP contribution in [-0.4, -0.2) is 45.2 Å². The molecule has 0 bridgehead atoms. The highest BCUT2D eigenvalue weighted by Gasteiger charge is 2.22. The highest BCUT2D eigenvalue weighted by Crippen LogP contribution is 2.21. The zero-order valence-corrected chi connectivity index (χ0v) is 15.9. The number of carbonyl (C=O) groups is 1. The maximum absolute atomic E-state index is 12.8. The number of aromatic nitrogens is 3. The van der Waals surface area contributed by atoms with E-state index in [1.54, 1.807) is 9.47 Å². The third-order valence-electron chi connectivity index (χ3n) is 4.28. The molecular weight excluding hydrogens is 352 g/mol. The monoisotopic (exact) mass is 376 g/mol. The second-order valence-electron chi connectivity index (χ2n) is 6.54. The Morgan fingerprint density at radius 2 is 2.19 bits per heavy atom. The van der Waals surface area contributed by atoms with E-state index >= 15 is 0 Å². The highest BCUT2D eigenvalue weighted by atomic mass is 32.2. The van der Waals surface area contributed by atoms with Crippen LogP contribution in [0.2, 0.25) is 0 Å². The number of benzene rings is 1.